The highest BCUT2D eigenvalue weighted by molar-refractivity contribution is 7.00. The Kier molecular flexibility index (Phi) is 3.31. The van der Waals surface area contributed by atoms with Crippen molar-refractivity contribution in [2.24, 2.45) is 0 Å². The highest BCUT2D eigenvalue weighted by Crippen LogP contribution is 2.32. The number of aromatic nitrogens is 3. The lowest BCUT2D eigenvalue weighted by atomic mass is 10.1. The van der Waals surface area contributed by atoms with Gasteiger partial charge in [-0.05, 0) is 30.7 Å². The third-order valence-electron chi connectivity index (χ3n) is 2.92. The first-order chi connectivity index (χ1) is 9.25. The van der Waals surface area contributed by atoms with Crippen LogP contribution in [-0.2, 0) is 0 Å². The fourth-order valence-electron chi connectivity index (χ4n) is 1.90. The first-order valence-corrected chi connectivity index (χ1v) is 6.94. The minimum atomic E-state index is 0.0958. The van der Waals surface area contributed by atoms with Crippen molar-refractivity contribution in [3.05, 3.63) is 47.2 Å². The minimum Gasteiger partial charge on any atom is -0.375 e. The van der Waals surface area contributed by atoms with Crippen LogP contribution in [0, 0.1) is 0 Å². The van der Waals surface area contributed by atoms with Gasteiger partial charge in [0, 0.05) is 12.4 Å². The van der Waals surface area contributed by atoms with Crippen LogP contribution < -0.4 is 5.32 Å². The maximum Gasteiger partial charge on any atom is 0.129 e. The number of hydrogen-bond acceptors (Lipinski definition) is 5. The third-order valence-corrected chi connectivity index (χ3v) is 3.78. The van der Waals surface area contributed by atoms with Crippen molar-refractivity contribution in [3.63, 3.8) is 0 Å². The summed E-state index contributed by atoms with van der Waals surface area (Å²) in [4.78, 5) is 4.12. The average Bonchev–Trinajstić information content (AvgIpc) is 2.91. The van der Waals surface area contributed by atoms with Crippen molar-refractivity contribution in [1.82, 2.24) is 13.7 Å². The lowest BCUT2D eigenvalue weighted by Gasteiger charge is -2.16. The molecular formula is C13H11ClN4S. The molecule has 0 aliphatic rings. The summed E-state index contributed by atoms with van der Waals surface area (Å²) in [6.45, 7) is 2.06. The maximum atomic E-state index is 6.25. The number of hydrogen-bond donors (Lipinski definition) is 1. The van der Waals surface area contributed by atoms with Crippen LogP contribution in [0.2, 0.25) is 5.02 Å². The number of anilines is 1. The summed E-state index contributed by atoms with van der Waals surface area (Å²) in [5.41, 5.74) is 3.59. The summed E-state index contributed by atoms with van der Waals surface area (Å²) < 4.78 is 8.51. The second-order valence-electron chi connectivity index (χ2n) is 4.21. The van der Waals surface area contributed by atoms with E-state index in [2.05, 4.69) is 26.0 Å². The molecule has 0 aliphatic carbocycles. The molecule has 1 unspecified atom stereocenters. The fourth-order valence-corrected chi connectivity index (χ4v) is 2.65. The lowest BCUT2D eigenvalue weighted by Crippen LogP contribution is -2.07. The largest absolute Gasteiger partial charge is 0.375 e. The summed E-state index contributed by atoms with van der Waals surface area (Å²) >= 11 is 7.44. The Balaban J connectivity index is 1.97. The van der Waals surface area contributed by atoms with Gasteiger partial charge < -0.3 is 5.32 Å². The van der Waals surface area contributed by atoms with E-state index in [1.165, 1.54) is 11.7 Å². The van der Waals surface area contributed by atoms with E-state index in [-0.39, 0.29) is 6.04 Å². The number of benzene rings is 1. The van der Waals surface area contributed by atoms with Gasteiger partial charge in [-0.1, -0.05) is 17.7 Å². The first-order valence-electron chi connectivity index (χ1n) is 5.83. The van der Waals surface area contributed by atoms with Crippen LogP contribution in [0.3, 0.4) is 0 Å². The topological polar surface area (TPSA) is 50.7 Å². The number of rotatable bonds is 3. The molecule has 0 spiro atoms. The summed E-state index contributed by atoms with van der Waals surface area (Å²) in [6.07, 6.45) is 3.60. The Labute approximate surface area is 119 Å². The Morgan fingerprint density at radius 2 is 2.16 bits per heavy atom. The number of nitrogens with zero attached hydrogens (tertiary/aromatic N) is 3. The highest BCUT2D eigenvalue weighted by atomic mass is 35.5. The molecule has 0 aliphatic heterocycles. The average molecular weight is 291 g/mol. The van der Waals surface area contributed by atoms with Crippen molar-refractivity contribution in [1.29, 1.82) is 0 Å². The van der Waals surface area contributed by atoms with Crippen molar-refractivity contribution in [2.45, 2.75) is 13.0 Å². The molecule has 1 atom stereocenters. The van der Waals surface area contributed by atoms with Crippen LogP contribution in [0.5, 0.6) is 0 Å². The Morgan fingerprint density at radius 1 is 1.26 bits per heavy atom. The molecule has 96 valence electrons. The number of halogens is 1. The van der Waals surface area contributed by atoms with Gasteiger partial charge in [0.25, 0.3) is 0 Å². The van der Waals surface area contributed by atoms with Gasteiger partial charge in [-0.25, -0.2) is 0 Å². The Hall–Kier alpha value is -1.72. The predicted octanol–water partition coefficient (Wildman–Crippen LogP) is 3.91. The van der Waals surface area contributed by atoms with Crippen molar-refractivity contribution >= 4 is 40.0 Å². The maximum absolute atomic E-state index is 6.25. The predicted molar refractivity (Wildman–Crippen MR) is 78.7 cm³/mol. The van der Waals surface area contributed by atoms with Gasteiger partial charge in [-0.15, -0.1) is 0 Å². The monoisotopic (exact) mass is 290 g/mol. The van der Waals surface area contributed by atoms with E-state index < -0.39 is 0 Å². The Morgan fingerprint density at radius 3 is 2.95 bits per heavy atom. The van der Waals surface area contributed by atoms with Crippen molar-refractivity contribution in [2.75, 3.05) is 5.32 Å². The van der Waals surface area contributed by atoms with E-state index in [1.54, 1.807) is 6.20 Å². The standard InChI is InChI=1S/C13H11ClN4S/c1-8(9-3-2-6-15-7-9)16-12-10(14)4-5-11-13(12)18-19-17-11/h2-8,16H,1H3. The zero-order valence-electron chi connectivity index (χ0n) is 10.2. The molecule has 2 aromatic heterocycles. The minimum absolute atomic E-state index is 0.0958. The SMILES string of the molecule is CC(Nc1c(Cl)ccc2nsnc12)c1cccnc1. The lowest BCUT2D eigenvalue weighted by molar-refractivity contribution is 0.877. The second kappa shape index (κ2) is 5.11. The van der Waals surface area contributed by atoms with Gasteiger partial charge in [-0.2, -0.15) is 8.75 Å². The van der Waals surface area contributed by atoms with Crippen LogP contribution in [0.15, 0.2) is 36.7 Å². The van der Waals surface area contributed by atoms with E-state index in [0.29, 0.717) is 5.02 Å². The smallest absolute Gasteiger partial charge is 0.129 e. The van der Waals surface area contributed by atoms with Crippen LogP contribution in [0.25, 0.3) is 11.0 Å². The molecule has 0 saturated carbocycles. The molecular weight excluding hydrogens is 280 g/mol. The van der Waals surface area contributed by atoms with E-state index >= 15 is 0 Å². The first kappa shape index (κ1) is 12.3. The van der Waals surface area contributed by atoms with Crippen LogP contribution in [-0.4, -0.2) is 13.7 Å². The normalized spacial score (nSPS) is 12.5. The van der Waals surface area contributed by atoms with Gasteiger partial charge in [0.1, 0.15) is 11.0 Å². The van der Waals surface area contributed by atoms with E-state index in [4.69, 9.17) is 11.6 Å². The van der Waals surface area contributed by atoms with Gasteiger partial charge >= 0.3 is 0 Å². The van der Waals surface area contributed by atoms with Gasteiger partial charge in [0.2, 0.25) is 0 Å². The molecule has 1 N–H and O–H groups in total. The van der Waals surface area contributed by atoms with E-state index in [0.717, 1.165) is 22.3 Å². The van der Waals surface area contributed by atoms with Gasteiger partial charge in [0.15, 0.2) is 0 Å². The molecule has 3 aromatic rings. The molecule has 4 nitrogen and oxygen atoms in total. The molecule has 0 saturated heterocycles. The molecule has 2 heterocycles. The van der Waals surface area contributed by atoms with E-state index in [9.17, 15) is 0 Å². The van der Waals surface area contributed by atoms with Crippen LogP contribution >= 0.6 is 23.3 Å². The zero-order chi connectivity index (χ0) is 13.2. The van der Waals surface area contributed by atoms with E-state index in [1.807, 2.05) is 30.5 Å². The molecule has 0 amide bonds. The van der Waals surface area contributed by atoms with Crippen molar-refractivity contribution in [3.8, 4) is 0 Å². The molecule has 3 rings (SSSR count). The van der Waals surface area contributed by atoms with Gasteiger partial charge in [-0.3, -0.25) is 4.98 Å². The summed E-state index contributed by atoms with van der Waals surface area (Å²) in [5, 5.41) is 4.04. The summed E-state index contributed by atoms with van der Waals surface area (Å²) in [7, 11) is 0. The van der Waals surface area contributed by atoms with Crippen LogP contribution in [0.1, 0.15) is 18.5 Å². The number of fused-ring (bicyclic) bond motifs is 1. The molecule has 6 heteroatoms. The highest BCUT2D eigenvalue weighted by Gasteiger charge is 2.13. The molecule has 1 aromatic carbocycles. The Bertz CT molecular complexity index is 698. The summed E-state index contributed by atoms with van der Waals surface area (Å²) in [6, 6.07) is 7.75. The fraction of sp³-hybridized carbons (Fsp3) is 0.154. The second-order valence-corrected chi connectivity index (χ2v) is 5.14. The third kappa shape index (κ3) is 2.39. The van der Waals surface area contributed by atoms with Gasteiger partial charge in [0.05, 0.1) is 28.5 Å². The quantitative estimate of drug-likeness (QED) is 0.794. The molecule has 0 radical (unpaired) electrons. The molecule has 0 fully saturated rings. The molecule has 19 heavy (non-hydrogen) atoms. The summed E-state index contributed by atoms with van der Waals surface area (Å²) in [5.74, 6) is 0. The van der Waals surface area contributed by atoms with Crippen molar-refractivity contribution < 1.29 is 0 Å². The zero-order valence-corrected chi connectivity index (χ0v) is 11.7. The van der Waals surface area contributed by atoms with Crippen LogP contribution in [0.4, 0.5) is 5.69 Å². The number of pyridine rings is 1. The number of nitrogens with one attached hydrogen (secondary N) is 1. The molecule has 0 bridgehead atoms.